The van der Waals surface area contributed by atoms with E-state index in [1.165, 1.54) is 18.3 Å². The molecule has 0 aliphatic heterocycles. The molecule has 10 aromatic rings. The molecule has 0 unspecified atom stereocenters. The first-order chi connectivity index (χ1) is 32.2. The van der Waals surface area contributed by atoms with E-state index in [1.807, 2.05) is 42.5 Å². The Hall–Kier alpha value is -8.06. The summed E-state index contributed by atoms with van der Waals surface area (Å²) in [6.45, 7) is 0. The summed E-state index contributed by atoms with van der Waals surface area (Å²) in [6, 6.07) is 34.1. The molecule has 0 aliphatic rings. The zero-order chi connectivity index (χ0) is 48.1. The minimum atomic E-state index is -4.97. The summed E-state index contributed by atoms with van der Waals surface area (Å²) in [5.41, 5.74) is -4.62. The van der Waals surface area contributed by atoms with Gasteiger partial charge in [0.1, 0.15) is 11.6 Å². The molecule has 0 radical (unpaired) electrons. The van der Waals surface area contributed by atoms with E-state index in [-0.39, 0.29) is 71.8 Å². The molecule has 3 heterocycles. The van der Waals surface area contributed by atoms with Crippen LogP contribution >= 0.6 is 0 Å². The number of benzene rings is 7. The van der Waals surface area contributed by atoms with Crippen LogP contribution in [0.25, 0.3) is 88.5 Å². The molecule has 0 saturated carbocycles. The van der Waals surface area contributed by atoms with Gasteiger partial charge >= 0.3 is 24.7 Å². The van der Waals surface area contributed by atoms with Gasteiger partial charge in [-0.2, -0.15) is 57.9 Å². The van der Waals surface area contributed by atoms with Crippen molar-refractivity contribution in [3.63, 3.8) is 0 Å². The van der Waals surface area contributed by atoms with E-state index in [2.05, 4.69) is 0 Å². The Morgan fingerprint density at radius 2 is 0.750 bits per heavy atom. The van der Waals surface area contributed by atoms with Crippen LogP contribution in [0.4, 0.5) is 52.7 Å². The molecule has 68 heavy (non-hydrogen) atoms. The van der Waals surface area contributed by atoms with Gasteiger partial charge in [0.2, 0.25) is 0 Å². The third kappa shape index (κ3) is 7.34. The van der Waals surface area contributed by atoms with Gasteiger partial charge in [0.25, 0.3) is 0 Å². The van der Waals surface area contributed by atoms with E-state index < -0.39 is 52.5 Å². The quantitative estimate of drug-likeness (QED) is 0.161. The van der Waals surface area contributed by atoms with Gasteiger partial charge in [0, 0.05) is 38.9 Å². The molecule has 10 rings (SSSR count). The van der Waals surface area contributed by atoms with Crippen molar-refractivity contribution in [1.82, 2.24) is 14.1 Å². The lowest BCUT2D eigenvalue weighted by Crippen LogP contribution is -2.09. The zero-order valence-corrected chi connectivity index (χ0v) is 34.3. The Balaban J connectivity index is 1.41. The molecular weight excluding hydrogens is 909 g/mol. The van der Waals surface area contributed by atoms with Crippen molar-refractivity contribution in [1.29, 1.82) is 5.26 Å². The molecule has 0 N–H and O–H groups in total. The third-order valence-electron chi connectivity index (χ3n) is 11.9. The zero-order valence-electron chi connectivity index (χ0n) is 34.3. The van der Waals surface area contributed by atoms with Crippen molar-refractivity contribution >= 4 is 43.6 Å². The summed E-state index contributed by atoms with van der Waals surface area (Å²) in [4.78, 5) is 4.71. The topological polar surface area (TPSA) is 46.5 Å². The summed E-state index contributed by atoms with van der Waals surface area (Å²) in [7, 11) is 0. The molecule has 7 aromatic carbocycles. The van der Waals surface area contributed by atoms with Gasteiger partial charge in [-0.25, -0.2) is 0 Å². The van der Waals surface area contributed by atoms with Crippen LogP contribution in [0.2, 0.25) is 0 Å². The van der Waals surface area contributed by atoms with Gasteiger partial charge in [-0.1, -0.05) is 84.9 Å². The third-order valence-corrected chi connectivity index (χ3v) is 11.9. The Labute approximate surface area is 376 Å². The van der Waals surface area contributed by atoms with Crippen molar-refractivity contribution in [3.8, 4) is 51.0 Å². The lowest BCUT2D eigenvalue weighted by Gasteiger charge is -2.20. The maximum Gasteiger partial charge on any atom is 0.416 e. The molecule has 0 saturated heterocycles. The normalized spacial score (nSPS) is 12.7. The number of nitrogens with zero attached hydrogens (tertiary/aromatic N) is 4. The molecular formula is C52H26F12N4. The number of fused-ring (bicyclic) bond motifs is 6. The number of alkyl halides is 12. The number of halogens is 12. The monoisotopic (exact) mass is 934 g/mol. The highest BCUT2D eigenvalue weighted by Gasteiger charge is 2.36. The fraction of sp³-hybridized carbons (Fsp3) is 0.0769. The molecule has 338 valence electrons. The van der Waals surface area contributed by atoms with Crippen molar-refractivity contribution in [2.75, 3.05) is 0 Å². The number of hydrogen-bond acceptors (Lipinski definition) is 2. The van der Waals surface area contributed by atoms with Crippen LogP contribution in [0.1, 0.15) is 27.8 Å². The largest absolute Gasteiger partial charge is 0.416 e. The predicted molar refractivity (Wildman–Crippen MR) is 234 cm³/mol. The van der Waals surface area contributed by atoms with Crippen molar-refractivity contribution < 1.29 is 52.7 Å². The van der Waals surface area contributed by atoms with E-state index in [0.717, 1.165) is 63.2 Å². The van der Waals surface area contributed by atoms with E-state index >= 15 is 0 Å². The van der Waals surface area contributed by atoms with E-state index in [4.69, 9.17) is 4.98 Å². The van der Waals surface area contributed by atoms with Crippen molar-refractivity contribution in [2.45, 2.75) is 24.7 Å². The van der Waals surface area contributed by atoms with Crippen LogP contribution in [-0.4, -0.2) is 14.1 Å². The molecule has 0 atom stereocenters. The molecule has 0 fully saturated rings. The van der Waals surface area contributed by atoms with Gasteiger partial charge in [-0.05, 0) is 83.4 Å². The average molecular weight is 935 g/mol. The SMILES string of the molecule is N#Cc1c(-n2c3cc(C(F)(F)F)ccc3c3ccc(C(F)(F)F)cc32)cc(-c2cccnc2-c2ccccc2-c2ccccc2)cc1-n1c2cc(C(F)(F)F)ccc2c2ccc(C(F)(F)F)cc21. The molecule has 4 nitrogen and oxygen atoms in total. The first-order valence-electron chi connectivity index (χ1n) is 20.4. The van der Waals surface area contributed by atoms with Crippen LogP contribution < -0.4 is 0 Å². The fourth-order valence-electron chi connectivity index (χ4n) is 8.91. The van der Waals surface area contributed by atoms with Crippen LogP contribution in [-0.2, 0) is 24.7 Å². The Bertz CT molecular complexity index is 3390. The average Bonchev–Trinajstić information content (AvgIpc) is 3.81. The van der Waals surface area contributed by atoms with E-state index in [1.54, 1.807) is 30.3 Å². The summed E-state index contributed by atoms with van der Waals surface area (Å²) in [6.07, 6.45) is -18.4. The smallest absolute Gasteiger partial charge is 0.308 e. The minimum Gasteiger partial charge on any atom is -0.308 e. The lowest BCUT2D eigenvalue weighted by atomic mass is 9.92. The molecule has 0 aliphatic carbocycles. The summed E-state index contributed by atoms with van der Waals surface area (Å²) in [5.74, 6) is 0. The Kier molecular flexibility index (Phi) is 9.99. The van der Waals surface area contributed by atoms with Gasteiger partial charge < -0.3 is 9.13 Å². The van der Waals surface area contributed by atoms with Crippen molar-refractivity contribution in [3.05, 3.63) is 186 Å². The lowest BCUT2D eigenvalue weighted by molar-refractivity contribution is -0.138. The number of pyridine rings is 1. The maximum absolute atomic E-state index is 14.5. The highest BCUT2D eigenvalue weighted by molar-refractivity contribution is 6.12. The second-order valence-corrected chi connectivity index (χ2v) is 15.9. The standard InChI is InChI=1S/C52H26F12N4/c53-49(54,55)30-12-16-36-37-17-13-31(50(56,57)58)24-45(37)67(44(36)23-30)42-21-29(35-11-6-20-66-48(35)40-10-5-4-9-34(40)28-7-2-1-3-8-28)22-43(41(42)27-65)68-46-25-32(51(59,60)61)14-18-38(46)39-19-15-33(26-47(39)68)52(62,63)64/h1-26H. The van der Waals surface area contributed by atoms with E-state index in [0.29, 0.717) is 35.4 Å². The first-order valence-corrected chi connectivity index (χ1v) is 20.4. The highest BCUT2D eigenvalue weighted by Crippen LogP contribution is 2.46. The number of rotatable bonds is 5. The number of hydrogen-bond donors (Lipinski definition) is 0. The van der Waals surface area contributed by atoms with Crippen LogP contribution in [0.3, 0.4) is 0 Å². The highest BCUT2D eigenvalue weighted by atomic mass is 19.4. The Morgan fingerprint density at radius 3 is 1.13 bits per heavy atom. The second kappa shape index (κ2) is 15.5. The minimum absolute atomic E-state index is 0.0397. The number of aromatic nitrogens is 3. The summed E-state index contributed by atoms with van der Waals surface area (Å²) in [5, 5.41) is 11.4. The van der Waals surface area contributed by atoms with Crippen LogP contribution in [0.15, 0.2) is 158 Å². The van der Waals surface area contributed by atoms with Crippen LogP contribution in [0.5, 0.6) is 0 Å². The molecule has 3 aromatic heterocycles. The molecule has 0 spiro atoms. The predicted octanol–water partition coefficient (Wildman–Crippen LogP) is 16.2. The van der Waals surface area contributed by atoms with Gasteiger partial charge in [-0.3, -0.25) is 4.98 Å². The summed E-state index contributed by atoms with van der Waals surface area (Å²) < 4.78 is 176. The second-order valence-electron chi connectivity index (χ2n) is 15.9. The molecule has 0 bridgehead atoms. The van der Waals surface area contributed by atoms with Crippen LogP contribution in [0, 0.1) is 11.3 Å². The van der Waals surface area contributed by atoms with Gasteiger partial charge in [-0.15, -0.1) is 0 Å². The molecule has 0 amide bonds. The summed E-state index contributed by atoms with van der Waals surface area (Å²) >= 11 is 0. The van der Waals surface area contributed by atoms with E-state index in [9.17, 15) is 57.9 Å². The maximum atomic E-state index is 14.5. The molecule has 16 heteroatoms. The first kappa shape index (κ1) is 43.8. The fourth-order valence-corrected chi connectivity index (χ4v) is 8.91. The van der Waals surface area contributed by atoms with Gasteiger partial charge in [0.15, 0.2) is 0 Å². The Morgan fingerprint density at radius 1 is 0.382 bits per heavy atom. The van der Waals surface area contributed by atoms with Crippen molar-refractivity contribution in [2.24, 2.45) is 0 Å². The van der Waals surface area contributed by atoms with Gasteiger partial charge in [0.05, 0.1) is 61.4 Å². The number of nitriles is 1.